The van der Waals surface area contributed by atoms with E-state index >= 15 is 0 Å². The molecule has 7 N–H and O–H groups in total. The van der Waals surface area contributed by atoms with Crippen molar-refractivity contribution in [2.45, 2.75) is 67.8 Å². The fourth-order valence-electron chi connectivity index (χ4n) is 4.97. The summed E-state index contributed by atoms with van der Waals surface area (Å²) >= 11 is 0. The Balaban J connectivity index is 1.29. The van der Waals surface area contributed by atoms with E-state index in [1.165, 1.54) is 13.2 Å². The molecule has 0 unspecified atom stereocenters. The van der Waals surface area contributed by atoms with E-state index in [4.69, 9.17) is 28.4 Å². The molecule has 0 bridgehead atoms. The third-order valence-corrected chi connectivity index (χ3v) is 7.31. The number of aromatic hydroxyl groups is 1. The van der Waals surface area contributed by atoms with E-state index in [0.717, 1.165) is 6.07 Å². The van der Waals surface area contributed by atoms with E-state index in [2.05, 4.69) is 0 Å². The number of carbonyl (C=O) groups excluding carboxylic acids is 1. The SMILES string of the molecule is COc1ccc([C@@H]2CC(=O)c3c(O)cc(O[C@@H]4O[C@H](CO[C@H]5O[C@@H](CO)[C@@H](O)[C@H]5O)[C@@H](O)[C@H](O)[C@H]4O)cc3O2)cc1. The summed E-state index contributed by atoms with van der Waals surface area (Å²) in [6.45, 7) is -1.03. The molecule has 2 fully saturated rings. The van der Waals surface area contributed by atoms with Gasteiger partial charge in [-0.05, 0) is 17.7 Å². The van der Waals surface area contributed by atoms with Gasteiger partial charge in [0.05, 0.1) is 26.7 Å². The highest BCUT2D eigenvalue weighted by Gasteiger charge is 2.47. The molecule has 3 aliphatic rings. The molecule has 0 aliphatic carbocycles. The highest BCUT2D eigenvalue weighted by Crippen LogP contribution is 2.42. The summed E-state index contributed by atoms with van der Waals surface area (Å²) in [5.74, 6) is -0.186. The van der Waals surface area contributed by atoms with Gasteiger partial charge in [0.2, 0.25) is 6.29 Å². The molecule has 41 heavy (non-hydrogen) atoms. The lowest BCUT2D eigenvalue weighted by molar-refractivity contribution is -0.290. The topological polar surface area (TPSA) is 214 Å². The van der Waals surface area contributed by atoms with Crippen molar-refractivity contribution < 1.29 is 69.0 Å². The molecule has 0 spiro atoms. The maximum Gasteiger partial charge on any atom is 0.229 e. The highest BCUT2D eigenvalue weighted by atomic mass is 16.7. The molecule has 2 aromatic carbocycles. The minimum absolute atomic E-state index is 0.0151. The zero-order valence-corrected chi connectivity index (χ0v) is 21.8. The zero-order valence-electron chi connectivity index (χ0n) is 21.8. The van der Waals surface area contributed by atoms with Crippen molar-refractivity contribution in [1.82, 2.24) is 0 Å². The van der Waals surface area contributed by atoms with Crippen molar-refractivity contribution in [3.63, 3.8) is 0 Å². The van der Waals surface area contributed by atoms with Crippen LogP contribution in [0.25, 0.3) is 0 Å². The van der Waals surface area contributed by atoms with Crippen molar-refractivity contribution in [1.29, 1.82) is 0 Å². The lowest BCUT2D eigenvalue weighted by Gasteiger charge is -2.40. The first-order valence-electron chi connectivity index (χ1n) is 12.9. The van der Waals surface area contributed by atoms with E-state index < -0.39 is 80.4 Å². The number of rotatable bonds is 8. The Kier molecular flexibility index (Phi) is 8.65. The van der Waals surface area contributed by atoms with Gasteiger partial charge in [0.1, 0.15) is 77.4 Å². The smallest absolute Gasteiger partial charge is 0.229 e. The molecule has 10 atom stereocenters. The highest BCUT2D eigenvalue weighted by molar-refractivity contribution is 6.02. The number of aliphatic hydroxyl groups excluding tert-OH is 6. The van der Waals surface area contributed by atoms with Crippen LogP contribution >= 0.6 is 0 Å². The van der Waals surface area contributed by atoms with Gasteiger partial charge in [-0.2, -0.15) is 0 Å². The lowest BCUT2D eigenvalue weighted by atomic mass is 9.95. The van der Waals surface area contributed by atoms with Crippen LogP contribution in [0.2, 0.25) is 0 Å². The summed E-state index contributed by atoms with van der Waals surface area (Å²) in [5, 5.41) is 71.1. The molecular formula is C27H32O14. The molecule has 2 aromatic rings. The van der Waals surface area contributed by atoms with Gasteiger partial charge in [0.25, 0.3) is 0 Å². The number of benzene rings is 2. The Morgan fingerprint density at radius 2 is 1.51 bits per heavy atom. The van der Waals surface area contributed by atoms with Gasteiger partial charge in [-0.3, -0.25) is 4.79 Å². The molecular weight excluding hydrogens is 548 g/mol. The van der Waals surface area contributed by atoms with Crippen molar-refractivity contribution in [3.8, 4) is 23.0 Å². The van der Waals surface area contributed by atoms with Gasteiger partial charge in [0.15, 0.2) is 12.1 Å². The number of Topliss-reactive ketones (excluding diaryl/α,β-unsaturated/α-hetero) is 1. The molecule has 5 rings (SSSR count). The molecule has 3 heterocycles. The Hall–Kier alpha value is -3.05. The molecule has 14 heteroatoms. The van der Waals surface area contributed by atoms with E-state index in [9.17, 15) is 40.5 Å². The largest absolute Gasteiger partial charge is 0.507 e. The monoisotopic (exact) mass is 580 g/mol. The van der Waals surface area contributed by atoms with Crippen LogP contribution in [-0.4, -0.2) is 117 Å². The number of hydrogen-bond acceptors (Lipinski definition) is 14. The quantitative estimate of drug-likeness (QED) is 0.194. The molecule has 0 radical (unpaired) electrons. The maximum absolute atomic E-state index is 12.8. The summed E-state index contributed by atoms with van der Waals surface area (Å²) in [6.07, 6.45) is -14.0. The summed E-state index contributed by atoms with van der Waals surface area (Å²) in [5.41, 5.74) is 0.670. The Bertz CT molecular complexity index is 1220. The van der Waals surface area contributed by atoms with Crippen LogP contribution in [0.4, 0.5) is 0 Å². The van der Waals surface area contributed by atoms with Gasteiger partial charge >= 0.3 is 0 Å². The number of methoxy groups -OCH3 is 1. The average molecular weight is 581 g/mol. The zero-order chi connectivity index (χ0) is 29.4. The number of ketones is 1. The van der Waals surface area contributed by atoms with Crippen LogP contribution < -0.4 is 14.2 Å². The van der Waals surface area contributed by atoms with Crippen LogP contribution in [-0.2, 0) is 14.2 Å². The predicted molar refractivity (Wildman–Crippen MR) is 134 cm³/mol. The predicted octanol–water partition coefficient (Wildman–Crippen LogP) is -1.25. The third kappa shape index (κ3) is 5.83. The first-order chi connectivity index (χ1) is 19.6. The standard InChI is InChI=1S/C27H32O14/c1-36-12-4-2-11(3-5-12)16-8-15(30)20-14(29)6-13(7-17(20)39-16)38-27-25(35)23(33)22(32)19(41-27)10-37-26-24(34)21(31)18(9-28)40-26/h2-7,16,18-19,21-29,31-35H,8-10H2,1H3/t16-,18-,19+,21+,22+,23-,24+,25+,26-,27+/m0/s1. The van der Waals surface area contributed by atoms with Crippen molar-refractivity contribution >= 4 is 5.78 Å². The van der Waals surface area contributed by atoms with Gasteiger partial charge in [0, 0.05) is 12.1 Å². The van der Waals surface area contributed by atoms with Crippen LogP contribution in [0.1, 0.15) is 28.4 Å². The molecule has 0 aromatic heterocycles. The van der Waals surface area contributed by atoms with E-state index in [1.807, 2.05) is 0 Å². The molecule has 0 saturated carbocycles. The summed E-state index contributed by atoms with van der Waals surface area (Å²) < 4.78 is 33.1. The van der Waals surface area contributed by atoms with E-state index in [1.54, 1.807) is 24.3 Å². The van der Waals surface area contributed by atoms with Gasteiger partial charge in [-0.25, -0.2) is 0 Å². The number of carbonyl (C=O) groups is 1. The molecule has 0 amide bonds. The van der Waals surface area contributed by atoms with Crippen LogP contribution in [0.15, 0.2) is 36.4 Å². The average Bonchev–Trinajstić information content (AvgIpc) is 3.24. The Morgan fingerprint density at radius 1 is 0.854 bits per heavy atom. The summed E-state index contributed by atoms with van der Waals surface area (Å²) in [7, 11) is 1.53. The summed E-state index contributed by atoms with van der Waals surface area (Å²) in [4.78, 5) is 12.8. The fourth-order valence-corrected chi connectivity index (χ4v) is 4.97. The van der Waals surface area contributed by atoms with E-state index in [0.29, 0.717) is 11.3 Å². The number of hydrogen-bond donors (Lipinski definition) is 7. The first-order valence-corrected chi connectivity index (χ1v) is 12.9. The van der Waals surface area contributed by atoms with Crippen LogP contribution in [0, 0.1) is 0 Å². The minimum Gasteiger partial charge on any atom is -0.507 e. The maximum atomic E-state index is 12.8. The lowest BCUT2D eigenvalue weighted by Crippen LogP contribution is -2.60. The number of phenolic OH excluding ortho intramolecular Hbond substituents is 1. The Labute approximate surface area is 233 Å². The van der Waals surface area contributed by atoms with Crippen molar-refractivity contribution in [2.75, 3.05) is 20.3 Å². The molecule has 2 saturated heterocycles. The molecule has 3 aliphatic heterocycles. The second kappa shape index (κ2) is 12.1. The Morgan fingerprint density at radius 3 is 2.17 bits per heavy atom. The normalized spacial score (nSPS) is 35.0. The third-order valence-electron chi connectivity index (χ3n) is 7.31. The number of phenols is 1. The van der Waals surface area contributed by atoms with E-state index in [-0.39, 0.29) is 29.3 Å². The van der Waals surface area contributed by atoms with Crippen LogP contribution in [0.5, 0.6) is 23.0 Å². The van der Waals surface area contributed by atoms with Crippen molar-refractivity contribution in [3.05, 3.63) is 47.5 Å². The summed E-state index contributed by atoms with van der Waals surface area (Å²) in [6, 6.07) is 9.42. The van der Waals surface area contributed by atoms with Gasteiger partial charge in [-0.1, -0.05) is 12.1 Å². The number of fused-ring (bicyclic) bond motifs is 1. The molecule has 224 valence electrons. The first kappa shape index (κ1) is 29.4. The van der Waals surface area contributed by atoms with Crippen molar-refractivity contribution in [2.24, 2.45) is 0 Å². The minimum atomic E-state index is -1.74. The van der Waals surface area contributed by atoms with Gasteiger partial charge in [-0.15, -0.1) is 0 Å². The van der Waals surface area contributed by atoms with Crippen LogP contribution in [0.3, 0.4) is 0 Å². The fraction of sp³-hybridized carbons (Fsp3) is 0.519. The number of ether oxygens (including phenoxy) is 6. The van der Waals surface area contributed by atoms with Gasteiger partial charge < -0.3 is 64.2 Å². The second-order valence-corrected chi connectivity index (χ2v) is 10.00. The number of aliphatic hydroxyl groups is 6. The second-order valence-electron chi connectivity index (χ2n) is 10.00. The molecule has 14 nitrogen and oxygen atoms in total.